The van der Waals surface area contributed by atoms with Gasteiger partial charge in [0.25, 0.3) is 5.91 Å². The van der Waals surface area contributed by atoms with E-state index in [1.54, 1.807) is 12.1 Å². The molecular weight excluding hydrogens is 256 g/mol. The van der Waals surface area contributed by atoms with Crippen molar-refractivity contribution >= 4 is 17.5 Å². The number of nitrogens with one attached hydrogen (secondary N) is 1. The molecule has 1 N–H and O–H groups in total. The van der Waals surface area contributed by atoms with E-state index in [4.69, 9.17) is 4.74 Å². The molecule has 0 spiro atoms. The van der Waals surface area contributed by atoms with E-state index in [-0.39, 0.29) is 31.0 Å². The molecule has 108 valence electrons. The normalized spacial score (nSPS) is 15.6. The first-order chi connectivity index (χ1) is 9.49. The minimum Gasteiger partial charge on any atom is -0.482 e. The number of para-hydroxylation sites is 2. The van der Waals surface area contributed by atoms with Crippen molar-refractivity contribution in [1.82, 2.24) is 5.32 Å². The molecule has 0 bridgehead atoms. The van der Waals surface area contributed by atoms with Gasteiger partial charge < -0.3 is 10.1 Å². The third-order valence-corrected chi connectivity index (χ3v) is 3.50. The Morgan fingerprint density at radius 2 is 2.05 bits per heavy atom. The van der Waals surface area contributed by atoms with Crippen LogP contribution in [0.4, 0.5) is 5.69 Å². The van der Waals surface area contributed by atoms with Gasteiger partial charge in [0.05, 0.1) is 5.69 Å². The van der Waals surface area contributed by atoms with Crippen LogP contribution in [0.5, 0.6) is 5.75 Å². The van der Waals surface area contributed by atoms with Gasteiger partial charge in [0.2, 0.25) is 5.91 Å². The Morgan fingerprint density at radius 3 is 2.75 bits per heavy atom. The fraction of sp³-hybridized carbons (Fsp3) is 0.467. The second-order valence-electron chi connectivity index (χ2n) is 5.34. The summed E-state index contributed by atoms with van der Waals surface area (Å²) in [5, 5.41) is 2.90. The zero-order valence-corrected chi connectivity index (χ0v) is 12.1. The maximum atomic E-state index is 12.0. The highest BCUT2D eigenvalue weighted by Gasteiger charge is 2.27. The number of carbonyl (C=O) groups is 2. The van der Waals surface area contributed by atoms with Crippen LogP contribution in [0.15, 0.2) is 24.3 Å². The lowest BCUT2D eigenvalue weighted by molar-refractivity contribution is -0.125. The molecule has 2 rings (SSSR count). The van der Waals surface area contributed by atoms with Crippen molar-refractivity contribution in [2.75, 3.05) is 18.1 Å². The molecule has 1 atom stereocenters. The minimum atomic E-state index is -0.198. The Kier molecular flexibility index (Phi) is 4.27. The molecule has 2 amide bonds. The molecule has 1 aromatic rings. The van der Waals surface area contributed by atoms with Gasteiger partial charge in [-0.05, 0) is 25.0 Å². The van der Waals surface area contributed by atoms with Crippen LogP contribution in [-0.2, 0) is 9.59 Å². The summed E-state index contributed by atoms with van der Waals surface area (Å²) in [4.78, 5) is 25.4. The van der Waals surface area contributed by atoms with Gasteiger partial charge in [0, 0.05) is 6.04 Å². The lowest BCUT2D eigenvalue weighted by Crippen LogP contribution is -2.47. The highest BCUT2D eigenvalue weighted by molar-refractivity contribution is 6.02. The molecule has 5 heteroatoms. The van der Waals surface area contributed by atoms with Gasteiger partial charge in [-0.25, -0.2) is 0 Å². The van der Waals surface area contributed by atoms with Crippen molar-refractivity contribution in [1.29, 1.82) is 0 Å². The number of carbonyl (C=O) groups excluding carboxylic acids is 2. The average Bonchev–Trinajstić information content (AvgIpc) is 2.42. The second-order valence-corrected chi connectivity index (χ2v) is 5.34. The zero-order chi connectivity index (χ0) is 14.7. The van der Waals surface area contributed by atoms with Crippen LogP contribution in [0.3, 0.4) is 0 Å². The Labute approximate surface area is 118 Å². The molecule has 0 saturated heterocycles. The van der Waals surface area contributed by atoms with Crippen molar-refractivity contribution in [2.24, 2.45) is 5.92 Å². The molecule has 0 aromatic heterocycles. The van der Waals surface area contributed by atoms with E-state index in [0.717, 1.165) is 0 Å². The van der Waals surface area contributed by atoms with Gasteiger partial charge in [0.1, 0.15) is 12.3 Å². The molecule has 1 aliphatic heterocycles. The first-order valence-electron chi connectivity index (χ1n) is 6.80. The minimum absolute atomic E-state index is 0.0238. The maximum Gasteiger partial charge on any atom is 0.265 e. The Morgan fingerprint density at radius 1 is 1.35 bits per heavy atom. The highest BCUT2D eigenvalue weighted by atomic mass is 16.5. The van der Waals surface area contributed by atoms with E-state index in [1.807, 2.05) is 32.9 Å². The average molecular weight is 276 g/mol. The second kappa shape index (κ2) is 5.94. The summed E-state index contributed by atoms with van der Waals surface area (Å²) >= 11 is 0. The quantitative estimate of drug-likeness (QED) is 0.908. The molecule has 1 aliphatic rings. The number of fused-ring (bicyclic) bond motifs is 1. The fourth-order valence-electron chi connectivity index (χ4n) is 1.94. The van der Waals surface area contributed by atoms with Crippen LogP contribution in [0.25, 0.3) is 0 Å². The van der Waals surface area contributed by atoms with Crippen LogP contribution >= 0.6 is 0 Å². The van der Waals surface area contributed by atoms with Gasteiger partial charge in [-0.15, -0.1) is 0 Å². The molecule has 0 radical (unpaired) electrons. The van der Waals surface area contributed by atoms with E-state index >= 15 is 0 Å². The van der Waals surface area contributed by atoms with Gasteiger partial charge in [-0.3, -0.25) is 14.5 Å². The summed E-state index contributed by atoms with van der Waals surface area (Å²) in [7, 11) is 0. The third kappa shape index (κ3) is 3.10. The number of rotatable bonds is 4. The number of ether oxygens (including phenoxy) is 1. The van der Waals surface area contributed by atoms with Crippen molar-refractivity contribution in [3.8, 4) is 5.75 Å². The Hall–Kier alpha value is -2.04. The largest absolute Gasteiger partial charge is 0.482 e. The van der Waals surface area contributed by atoms with Crippen molar-refractivity contribution in [3.05, 3.63) is 24.3 Å². The van der Waals surface area contributed by atoms with Gasteiger partial charge in [0.15, 0.2) is 6.61 Å². The summed E-state index contributed by atoms with van der Waals surface area (Å²) in [6, 6.07) is 7.32. The molecule has 1 heterocycles. The summed E-state index contributed by atoms with van der Waals surface area (Å²) < 4.78 is 5.34. The molecule has 0 fully saturated rings. The van der Waals surface area contributed by atoms with Crippen LogP contribution in [0.1, 0.15) is 20.8 Å². The fourth-order valence-corrected chi connectivity index (χ4v) is 1.94. The molecule has 0 aliphatic carbocycles. The lowest BCUT2D eigenvalue weighted by atomic mass is 10.1. The summed E-state index contributed by atoms with van der Waals surface area (Å²) in [6.45, 7) is 6.04. The molecular formula is C15H20N2O3. The lowest BCUT2D eigenvalue weighted by Gasteiger charge is -2.29. The number of nitrogens with zero attached hydrogens (tertiary/aromatic N) is 1. The molecule has 1 aromatic carbocycles. The number of hydrogen-bond donors (Lipinski definition) is 1. The summed E-state index contributed by atoms with van der Waals surface area (Å²) in [5.41, 5.74) is 0.649. The van der Waals surface area contributed by atoms with Crippen LogP contribution in [0.2, 0.25) is 0 Å². The first kappa shape index (κ1) is 14.4. The van der Waals surface area contributed by atoms with Gasteiger partial charge in [-0.2, -0.15) is 0 Å². The standard InChI is InChI=1S/C15H20N2O3/c1-10(2)11(3)16-14(18)8-17-12-6-4-5-7-13(12)20-9-15(17)19/h4-7,10-11H,8-9H2,1-3H3,(H,16,18). The van der Waals surface area contributed by atoms with Gasteiger partial charge in [-0.1, -0.05) is 26.0 Å². The summed E-state index contributed by atoms with van der Waals surface area (Å²) in [5.74, 6) is 0.635. The molecule has 5 nitrogen and oxygen atoms in total. The molecule has 0 saturated carbocycles. The van der Waals surface area contributed by atoms with Crippen molar-refractivity contribution < 1.29 is 14.3 Å². The number of anilines is 1. The topological polar surface area (TPSA) is 58.6 Å². The van der Waals surface area contributed by atoms with Crippen LogP contribution in [0, 0.1) is 5.92 Å². The smallest absolute Gasteiger partial charge is 0.265 e. The predicted octanol–water partition coefficient (Wildman–Crippen LogP) is 1.57. The van der Waals surface area contributed by atoms with E-state index in [9.17, 15) is 9.59 Å². The number of hydrogen-bond acceptors (Lipinski definition) is 3. The number of benzene rings is 1. The molecule has 20 heavy (non-hydrogen) atoms. The first-order valence-corrected chi connectivity index (χ1v) is 6.80. The van der Waals surface area contributed by atoms with E-state index < -0.39 is 0 Å². The van der Waals surface area contributed by atoms with Crippen LogP contribution < -0.4 is 15.0 Å². The SMILES string of the molecule is CC(C)C(C)NC(=O)CN1C(=O)COc2ccccc21. The Balaban J connectivity index is 2.09. The third-order valence-electron chi connectivity index (χ3n) is 3.50. The van der Waals surface area contributed by atoms with E-state index in [1.165, 1.54) is 4.90 Å². The number of amides is 2. The van der Waals surface area contributed by atoms with E-state index in [0.29, 0.717) is 17.4 Å². The molecule has 1 unspecified atom stereocenters. The van der Waals surface area contributed by atoms with Crippen LogP contribution in [-0.4, -0.2) is 31.0 Å². The maximum absolute atomic E-state index is 12.0. The monoisotopic (exact) mass is 276 g/mol. The van der Waals surface area contributed by atoms with E-state index in [2.05, 4.69) is 5.32 Å². The predicted molar refractivity (Wildman–Crippen MR) is 76.7 cm³/mol. The van der Waals surface area contributed by atoms with Crippen molar-refractivity contribution in [2.45, 2.75) is 26.8 Å². The van der Waals surface area contributed by atoms with Gasteiger partial charge >= 0.3 is 0 Å². The Bertz CT molecular complexity index is 514. The zero-order valence-electron chi connectivity index (χ0n) is 12.1. The highest BCUT2D eigenvalue weighted by Crippen LogP contribution is 2.31. The summed E-state index contributed by atoms with van der Waals surface area (Å²) in [6.07, 6.45) is 0. The van der Waals surface area contributed by atoms with Crippen molar-refractivity contribution in [3.63, 3.8) is 0 Å².